The zero-order valence-corrected chi connectivity index (χ0v) is 8.73. The van der Waals surface area contributed by atoms with E-state index in [4.69, 9.17) is 5.11 Å². The summed E-state index contributed by atoms with van der Waals surface area (Å²) in [5.41, 5.74) is -0.138. The average Bonchev–Trinajstić information content (AvgIpc) is 2.65. The van der Waals surface area contributed by atoms with Crippen molar-refractivity contribution in [3.8, 4) is 0 Å². The summed E-state index contributed by atoms with van der Waals surface area (Å²) in [7, 11) is 1.15. The SMILES string of the molecule is COC(=O)c1cc2[nH]c(=O)[nH]c2cc1C(=O)O. The number of aromatic carboxylic acids is 1. The van der Waals surface area contributed by atoms with Gasteiger partial charge in [0.15, 0.2) is 0 Å². The summed E-state index contributed by atoms with van der Waals surface area (Å²) >= 11 is 0. The number of methoxy groups -OCH3 is 1. The number of ether oxygens (including phenoxy) is 1. The molecule has 7 nitrogen and oxygen atoms in total. The molecule has 0 unspecified atom stereocenters. The standard InChI is InChI=1S/C10H8N2O5/c1-17-9(15)5-3-7-6(11-10(16)12-7)2-4(5)8(13)14/h2-3H,1H3,(H,13,14)(H2,11,12,16). The summed E-state index contributed by atoms with van der Waals surface area (Å²) in [6.07, 6.45) is 0. The summed E-state index contributed by atoms with van der Waals surface area (Å²) in [5, 5.41) is 8.97. The Morgan fingerprint density at radius 3 is 2.18 bits per heavy atom. The summed E-state index contributed by atoms with van der Waals surface area (Å²) in [6.45, 7) is 0. The number of nitrogens with one attached hydrogen (secondary N) is 2. The largest absolute Gasteiger partial charge is 0.478 e. The van der Waals surface area contributed by atoms with Gasteiger partial charge in [0, 0.05) is 0 Å². The van der Waals surface area contributed by atoms with Crippen molar-refractivity contribution in [2.24, 2.45) is 0 Å². The molecule has 0 amide bonds. The van der Waals surface area contributed by atoms with E-state index in [0.717, 1.165) is 7.11 Å². The molecular formula is C10H8N2O5. The lowest BCUT2D eigenvalue weighted by atomic mass is 10.1. The van der Waals surface area contributed by atoms with Gasteiger partial charge in [-0.2, -0.15) is 0 Å². The number of H-pyrrole nitrogens is 2. The molecule has 2 rings (SSSR count). The molecule has 0 saturated carbocycles. The second kappa shape index (κ2) is 3.78. The van der Waals surface area contributed by atoms with Gasteiger partial charge in [-0.25, -0.2) is 14.4 Å². The normalized spacial score (nSPS) is 10.4. The van der Waals surface area contributed by atoms with Crippen molar-refractivity contribution >= 4 is 23.0 Å². The topological polar surface area (TPSA) is 112 Å². The third kappa shape index (κ3) is 1.78. The number of carbonyl (C=O) groups is 2. The van der Waals surface area contributed by atoms with E-state index in [1.165, 1.54) is 12.1 Å². The smallest absolute Gasteiger partial charge is 0.338 e. The van der Waals surface area contributed by atoms with Crippen LogP contribution in [0.1, 0.15) is 20.7 Å². The van der Waals surface area contributed by atoms with Crippen molar-refractivity contribution in [2.45, 2.75) is 0 Å². The zero-order valence-electron chi connectivity index (χ0n) is 8.73. The minimum atomic E-state index is -1.27. The van der Waals surface area contributed by atoms with Crippen molar-refractivity contribution in [1.29, 1.82) is 0 Å². The van der Waals surface area contributed by atoms with Gasteiger partial charge in [0.25, 0.3) is 0 Å². The van der Waals surface area contributed by atoms with Gasteiger partial charge in [-0.1, -0.05) is 0 Å². The van der Waals surface area contributed by atoms with Crippen LogP contribution in [0, 0.1) is 0 Å². The highest BCUT2D eigenvalue weighted by atomic mass is 16.5. The van der Waals surface area contributed by atoms with E-state index in [-0.39, 0.29) is 11.1 Å². The van der Waals surface area contributed by atoms with Crippen LogP contribution in [0.15, 0.2) is 16.9 Å². The molecule has 0 radical (unpaired) electrons. The number of hydrogen-bond acceptors (Lipinski definition) is 4. The molecule has 0 saturated heterocycles. The van der Waals surface area contributed by atoms with Gasteiger partial charge in [0.05, 0.1) is 29.3 Å². The maximum Gasteiger partial charge on any atom is 0.338 e. The van der Waals surface area contributed by atoms with Gasteiger partial charge in [0.1, 0.15) is 0 Å². The van der Waals surface area contributed by atoms with Gasteiger partial charge in [-0.15, -0.1) is 0 Å². The molecule has 1 aromatic carbocycles. The molecule has 0 aliphatic rings. The van der Waals surface area contributed by atoms with Crippen molar-refractivity contribution < 1.29 is 19.4 Å². The molecule has 0 aliphatic carbocycles. The van der Waals surface area contributed by atoms with Crippen LogP contribution in [-0.4, -0.2) is 34.1 Å². The van der Waals surface area contributed by atoms with E-state index in [1.54, 1.807) is 0 Å². The third-order valence-corrected chi connectivity index (χ3v) is 2.29. The molecule has 1 heterocycles. The van der Waals surface area contributed by atoms with Crippen molar-refractivity contribution in [3.63, 3.8) is 0 Å². The molecule has 88 valence electrons. The molecule has 0 fully saturated rings. The predicted octanol–water partition coefficient (Wildman–Crippen LogP) is 0.341. The molecule has 7 heteroatoms. The summed E-state index contributed by atoms with van der Waals surface area (Å²) in [4.78, 5) is 38.3. The molecule has 3 N–H and O–H groups in total. The average molecular weight is 236 g/mol. The molecule has 17 heavy (non-hydrogen) atoms. The number of benzene rings is 1. The highest BCUT2D eigenvalue weighted by Crippen LogP contribution is 2.17. The Morgan fingerprint density at radius 2 is 1.71 bits per heavy atom. The Morgan fingerprint density at radius 1 is 1.18 bits per heavy atom. The fourth-order valence-corrected chi connectivity index (χ4v) is 1.54. The number of fused-ring (bicyclic) bond motifs is 1. The van der Waals surface area contributed by atoms with Gasteiger partial charge < -0.3 is 19.8 Å². The minimum absolute atomic E-state index is 0.109. The second-order valence-electron chi connectivity index (χ2n) is 3.32. The second-order valence-corrected chi connectivity index (χ2v) is 3.32. The van der Waals surface area contributed by atoms with Crippen molar-refractivity contribution in [3.05, 3.63) is 33.7 Å². The van der Waals surface area contributed by atoms with Crippen LogP contribution in [0.3, 0.4) is 0 Å². The minimum Gasteiger partial charge on any atom is -0.478 e. The van der Waals surface area contributed by atoms with Crippen LogP contribution in [0.5, 0.6) is 0 Å². The molecule has 0 aliphatic heterocycles. The Bertz CT molecular complexity index is 667. The number of aromatic amines is 2. The van der Waals surface area contributed by atoms with Crippen LogP contribution in [0.2, 0.25) is 0 Å². The summed E-state index contributed by atoms with van der Waals surface area (Å²) in [6, 6.07) is 2.48. The highest BCUT2D eigenvalue weighted by Gasteiger charge is 2.19. The molecular weight excluding hydrogens is 228 g/mol. The fraction of sp³-hybridized carbons (Fsp3) is 0.100. The Kier molecular flexibility index (Phi) is 2.43. The Hall–Kier alpha value is -2.57. The number of carboxylic acids is 1. The maximum absolute atomic E-state index is 11.4. The Labute approximate surface area is 94.0 Å². The van der Waals surface area contributed by atoms with E-state index >= 15 is 0 Å². The molecule has 0 spiro atoms. The lowest BCUT2D eigenvalue weighted by Gasteiger charge is -2.03. The molecule has 2 aromatic rings. The quantitative estimate of drug-likeness (QED) is 0.651. The number of hydrogen-bond donors (Lipinski definition) is 3. The van der Waals surface area contributed by atoms with Gasteiger partial charge >= 0.3 is 17.6 Å². The Balaban J connectivity index is 2.78. The van der Waals surface area contributed by atoms with E-state index in [0.29, 0.717) is 11.0 Å². The lowest BCUT2D eigenvalue weighted by Crippen LogP contribution is -2.10. The van der Waals surface area contributed by atoms with Crippen LogP contribution in [0.25, 0.3) is 11.0 Å². The molecule has 0 bridgehead atoms. The first kappa shape index (κ1) is 10.9. The van der Waals surface area contributed by atoms with E-state index in [1.807, 2.05) is 0 Å². The summed E-state index contributed by atoms with van der Waals surface area (Å²) in [5.74, 6) is -2.04. The number of rotatable bonds is 2. The first-order chi connectivity index (χ1) is 8.02. The van der Waals surface area contributed by atoms with E-state index in [2.05, 4.69) is 14.7 Å². The highest BCUT2D eigenvalue weighted by molar-refractivity contribution is 6.05. The van der Waals surface area contributed by atoms with E-state index in [9.17, 15) is 14.4 Å². The van der Waals surface area contributed by atoms with Crippen LogP contribution < -0.4 is 5.69 Å². The van der Waals surface area contributed by atoms with Gasteiger partial charge in [-0.3, -0.25) is 0 Å². The van der Waals surface area contributed by atoms with Crippen molar-refractivity contribution in [2.75, 3.05) is 7.11 Å². The first-order valence-corrected chi connectivity index (χ1v) is 4.60. The van der Waals surface area contributed by atoms with Crippen LogP contribution in [-0.2, 0) is 4.74 Å². The van der Waals surface area contributed by atoms with Gasteiger partial charge in [0.2, 0.25) is 0 Å². The fourth-order valence-electron chi connectivity index (χ4n) is 1.54. The van der Waals surface area contributed by atoms with Gasteiger partial charge in [-0.05, 0) is 12.1 Å². The first-order valence-electron chi connectivity index (χ1n) is 4.60. The van der Waals surface area contributed by atoms with Crippen LogP contribution in [0.4, 0.5) is 0 Å². The zero-order chi connectivity index (χ0) is 12.6. The predicted molar refractivity (Wildman–Crippen MR) is 57.2 cm³/mol. The number of carboxylic acid groups (broad SMARTS) is 1. The van der Waals surface area contributed by atoms with E-state index < -0.39 is 17.6 Å². The van der Waals surface area contributed by atoms with Crippen molar-refractivity contribution in [1.82, 2.24) is 9.97 Å². The number of esters is 1. The number of aromatic nitrogens is 2. The maximum atomic E-state index is 11.4. The lowest BCUT2D eigenvalue weighted by molar-refractivity contribution is 0.0583. The third-order valence-electron chi connectivity index (χ3n) is 2.29. The van der Waals surface area contributed by atoms with Crippen LogP contribution >= 0.6 is 0 Å². The molecule has 0 atom stereocenters. The summed E-state index contributed by atoms with van der Waals surface area (Å²) < 4.78 is 4.48. The number of carbonyl (C=O) groups excluding carboxylic acids is 1. The monoisotopic (exact) mass is 236 g/mol. The molecule has 1 aromatic heterocycles. The number of imidazole rings is 1.